The number of nitrogens with one attached hydrogen (secondary N) is 2. The SMILES string of the molecule is CCCCCNC(=O)c1cncc(Nc2cc(C)cc(C)c2)c1. The molecule has 2 rings (SSSR count). The van der Waals surface area contributed by atoms with E-state index in [1.54, 1.807) is 12.4 Å². The summed E-state index contributed by atoms with van der Waals surface area (Å²) in [4.78, 5) is 16.3. The van der Waals surface area contributed by atoms with Crippen LogP contribution in [0, 0.1) is 13.8 Å². The van der Waals surface area contributed by atoms with Crippen molar-refractivity contribution < 1.29 is 4.79 Å². The van der Waals surface area contributed by atoms with E-state index in [-0.39, 0.29) is 5.91 Å². The predicted molar refractivity (Wildman–Crippen MR) is 95.3 cm³/mol. The number of carbonyl (C=O) groups is 1. The molecule has 1 amide bonds. The summed E-state index contributed by atoms with van der Waals surface area (Å²) in [7, 11) is 0. The molecule has 2 N–H and O–H groups in total. The van der Waals surface area contributed by atoms with E-state index in [0.717, 1.165) is 30.6 Å². The Bertz CT molecular complexity index is 647. The fourth-order valence-electron chi connectivity index (χ4n) is 2.52. The standard InChI is InChI=1S/C19H25N3O/c1-4-5-6-7-21-19(23)16-11-18(13-20-12-16)22-17-9-14(2)8-15(3)10-17/h8-13,22H,4-7H2,1-3H3,(H,21,23). The van der Waals surface area contributed by atoms with Gasteiger partial charge in [-0.25, -0.2) is 0 Å². The smallest absolute Gasteiger partial charge is 0.252 e. The summed E-state index contributed by atoms with van der Waals surface area (Å²) >= 11 is 0. The molecule has 1 heterocycles. The van der Waals surface area contributed by atoms with Crippen molar-refractivity contribution >= 4 is 17.3 Å². The molecule has 1 aromatic carbocycles. The number of hydrogen-bond donors (Lipinski definition) is 2. The minimum absolute atomic E-state index is 0.0716. The maximum atomic E-state index is 12.1. The Hall–Kier alpha value is -2.36. The first-order valence-corrected chi connectivity index (χ1v) is 8.17. The molecule has 1 aromatic heterocycles. The van der Waals surface area contributed by atoms with E-state index in [0.29, 0.717) is 12.1 Å². The van der Waals surface area contributed by atoms with Gasteiger partial charge in [0, 0.05) is 18.4 Å². The molecule has 122 valence electrons. The summed E-state index contributed by atoms with van der Waals surface area (Å²) in [5, 5.41) is 6.25. The third-order valence-electron chi connectivity index (χ3n) is 3.58. The van der Waals surface area contributed by atoms with Crippen LogP contribution in [0.1, 0.15) is 47.7 Å². The number of amides is 1. The number of rotatable bonds is 7. The van der Waals surface area contributed by atoms with Crippen molar-refractivity contribution in [2.45, 2.75) is 40.0 Å². The number of unbranched alkanes of at least 4 members (excludes halogenated alkanes) is 2. The van der Waals surface area contributed by atoms with Crippen LogP contribution < -0.4 is 10.6 Å². The lowest BCUT2D eigenvalue weighted by atomic mass is 10.1. The van der Waals surface area contributed by atoms with Crippen molar-refractivity contribution in [3.8, 4) is 0 Å². The molecule has 0 saturated carbocycles. The van der Waals surface area contributed by atoms with Gasteiger partial charge in [0.25, 0.3) is 5.91 Å². The van der Waals surface area contributed by atoms with Crippen LogP contribution in [0.5, 0.6) is 0 Å². The number of benzene rings is 1. The first-order chi connectivity index (χ1) is 11.1. The summed E-state index contributed by atoms with van der Waals surface area (Å²) in [6.07, 6.45) is 6.61. The first-order valence-electron chi connectivity index (χ1n) is 8.17. The summed E-state index contributed by atoms with van der Waals surface area (Å²) in [6, 6.07) is 8.11. The van der Waals surface area contributed by atoms with Gasteiger partial charge in [-0.15, -0.1) is 0 Å². The Morgan fingerprint density at radius 1 is 1.00 bits per heavy atom. The zero-order valence-corrected chi connectivity index (χ0v) is 14.1. The highest BCUT2D eigenvalue weighted by atomic mass is 16.1. The molecule has 0 unspecified atom stereocenters. The number of anilines is 2. The highest BCUT2D eigenvalue weighted by Crippen LogP contribution is 2.19. The molecule has 2 aromatic rings. The number of hydrogen-bond acceptors (Lipinski definition) is 3. The van der Waals surface area contributed by atoms with Crippen LogP contribution in [0.25, 0.3) is 0 Å². The zero-order valence-electron chi connectivity index (χ0n) is 14.1. The molecule has 0 radical (unpaired) electrons. The van der Waals surface area contributed by atoms with Crippen LogP contribution in [0.2, 0.25) is 0 Å². The number of pyridine rings is 1. The minimum atomic E-state index is -0.0716. The van der Waals surface area contributed by atoms with E-state index in [1.807, 2.05) is 6.07 Å². The normalized spacial score (nSPS) is 10.4. The van der Waals surface area contributed by atoms with Crippen LogP contribution in [0.4, 0.5) is 11.4 Å². The Morgan fingerprint density at radius 3 is 2.43 bits per heavy atom. The predicted octanol–water partition coefficient (Wildman–Crippen LogP) is 4.36. The van der Waals surface area contributed by atoms with Crippen LogP contribution in [0.3, 0.4) is 0 Å². The number of aromatic nitrogens is 1. The summed E-state index contributed by atoms with van der Waals surface area (Å²) in [5.41, 5.74) is 4.80. The summed E-state index contributed by atoms with van der Waals surface area (Å²) < 4.78 is 0. The van der Waals surface area contributed by atoms with E-state index in [2.05, 4.69) is 54.6 Å². The molecule has 0 fully saturated rings. The molecule has 4 heteroatoms. The molecule has 0 atom stereocenters. The second-order valence-electron chi connectivity index (χ2n) is 5.93. The minimum Gasteiger partial charge on any atom is -0.354 e. The molecule has 0 aliphatic rings. The molecule has 0 spiro atoms. The van der Waals surface area contributed by atoms with Crippen molar-refractivity contribution in [3.63, 3.8) is 0 Å². The van der Waals surface area contributed by atoms with Gasteiger partial charge in [0.2, 0.25) is 0 Å². The highest BCUT2D eigenvalue weighted by Gasteiger charge is 2.07. The fraction of sp³-hybridized carbons (Fsp3) is 0.368. The van der Waals surface area contributed by atoms with Gasteiger partial charge in [-0.05, 0) is 49.6 Å². The van der Waals surface area contributed by atoms with E-state index in [1.165, 1.54) is 11.1 Å². The lowest BCUT2D eigenvalue weighted by molar-refractivity contribution is 0.0952. The van der Waals surface area contributed by atoms with Gasteiger partial charge >= 0.3 is 0 Å². The van der Waals surface area contributed by atoms with Crippen molar-refractivity contribution in [1.82, 2.24) is 10.3 Å². The summed E-state index contributed by atoms with van der Waals surface area (Å²) in [6.45, 7) is 6.99. The molecule has 0 aliphatic heterocycles. The van der Waals surface area contributed by atoms with Crippen LogP contribution in [-0.4, -0.2) is 17.4 Å². The van der Waals surface area contributed by atoms with Gasteiger partial charge in [0.15, 0.2) is 0 Å². The fourth-order valence-corrected chi connectivity index (χ4v) is 2.52. The third-order valence-corrected chi connectivity index (χ3v) is 3.58. The topological polar surface area (TPSA) is 54.0 Å². The van der Waals surface area contributed by atoms with Crippen molar-refractivity contribution in [3.05, 3.63) is 53.3 Å². The molecule has 0 bridgehead atoms. The Labute approximate surface area is 138 Å². The largest absolute Gasteiger partial charge is 0.354 e. The second-order valence-corrected chi connectivity index (χ2v) is 5.93. The van der Waals surface area contributed by atoms with Gasteiger partial charge in [-0.3, -0.25) is 9.78 Å². The van der Waals surface area contributed by atoms with E-state index < -0.39 is 0 Å². The summed E-state index contributed by atoms with van der Waals surface area (Å²) in [5.74, 6) is -0.0716. The van der Waals surface area contributed by atoms with Gasteiger partial charge in [-0.1, -0.05) is 25.8 Å². The number of carbonyl (C=O) groups excluding carboxylic acids is 1. The molecule has 0 saturated heterocycles. The lowest BCUT2D eigenvalue weighted by Gasteiger charge is -2.10. The van der Waals surface area contributed by atoms with E-state index in [4.69, 9.17) is 0 Å². The Kier molecular flexibility index (Phi) is 6.15. The molecular weight excluding hydrogens is 286 g/mol. The van der Waals surface area contributed by atoms with Gasteiger partial charge in [-0.2, -0.15) is 0 Å². The van der Waals surface area contributed by atoms with E-state index in [9.17, 15) is 4.79 Å². The Morgan fingerprint density at radius 2 is 1.74 bits per heavy atom. The molecule has 23 heavy (non-hydrogen) atoms. The maximum Gasteiger partial charge on any atom is 0.252 e. The number of aryl methyl sites for hydroxylation is 2. The molecule has 0 aliphatic carbocycles. The average molecular weight is 311 g/mol. The zero-order chi connectivity index (χ0) is 16.7. The monoisotopic (exact) mass is 311 g/mol. The highest BCUT2D eigenvalue weighted by molar-refractivity contribution is 5.94. The third kappa shape index (κ3) is 5.40. The van der Waals surface area contributed by atoms with Gasteiger partial charge < -0.3 is 10.6 Å². The molecular formula is C19H25N3O. The lowest BCUT2D eigenvalue weighted by Crippen LogP contribution is -2.24. The first kappa shape index (κ1) is 17.0. The van der Waals surface area contributed by atoms with Crippen LogP contribution in [-0.2, 0) is 0 Å². The van der Waals surface area contributed by atoms with Crippen molar-refractivity contribution in [1.29, 1.82) is 0 Å². The van der Waals surface area contributed by atoms with Crippen LogP contribution in [0.15, 0.2) is 36.7 Å². The quantitative estimate of drug-likeness (QED) is 0.747. The molecule has 4 nitrogen and oxygen atoms in total. The van der Waals surface area contributed by atoms with Gasteiger partial charge in [0.1, 0.15) is 0 Å². The van der Waals surface area contributed by atoms with Crippen molar-refractivity contribution in [2.24, 2.45) is 0 Å². The maximum absolute atomic E-state index is 12.1. The van der Waals surface area contributed by atoms with Crippen molar-refractivity contribution in [2.75, 3.05) is 11.9 Å². The van der Waals surface area contributed by atoms with E-state index >= 15 is 0 Å². The van der Waals surface area contributed by atoms with Crippen LogP contribution >= 0.6 is 0 Å². The van der Waals surface area contributed by atoms with Gasteiger partial charge in [0.05, 0.1) is 17.4 Å². The Balaban J connectivity index is 2.03. The number of nitrogens with zero attached hydrogens (tertiary/aromatic N) is 1. The average Bonchev–Trinajstić information content (AvgIpc) is 2.50. The second kappa shape index (κ2) is 8.32.